The van der Waals surface area contributed by atoms with Crippen molar-refractivity contribution in [2.45, 2.75) is 70.2 Å². The van der Waals surface area contributed by atoms with E-state index in [0.29, 0.717) is 12.1 Å². The van der Waals surface area contributed by atoms with Gasteiger partial charge in [0, 0.05) is 31.5 Å². The minimum absolute atomic E-state index is 0.217. The van der Waals surface area contributed by atoms with Crippen molar-refractivity contribution in [3.05, 3.63) is 0 Å². The molecule has 3 aliphatic rings. The second kappa shape index (κ2) is 6.95. The molecule has 3 rings (SSSR count). The highest BCUT2D eigenvalue weighted by molar-refractivity contribution is 4.89. The molecule has 0 bridgehead atoms. The Hall–Kier alpha value is -0.160. The Labute approximate surface area is 129 Å². The average molecular weight is 296 g/mol. The highest BCUT2D eigenvalue weighted by Gasteiger charge is 2.42. The molecule has 1 unspecified atom stereocenters. The van der Waals surface area contributed by atoms with Crippen molar-refractivity contribution in [1.29, 1.82) is 0 Å². The summed E-state index contributed by atoms with van der Waals surface area (Å²) >= 11 is 0. The molecule has 0 aromatic heterocycles. The fourth-order valence-electron chi connectivity index (χ4n) is 4.32. The first-order chi connectivity index (χ1) is 10.2. The minimum Gasteiger partial charge on any atom is -0.348 e. The van der Waals surface area contributed by atoms with Crippen LogP contribution in [-0.4, -0.2) is 55.6 Å². The summed E-state index contributed by atoms with van der Waals surface area (Å²) in [6, 6.07) is 1.35. The number of hydrogen-bond donors (Lipinski definition) is 1. The Morgan fingerprint density at radius 2 is 1.86 bits per heavy atom. The first-order valence-electron chi connectivity index (χ1n) is 8.93. The summed E-state index contributed by atoms with van der Waals surface area (Å²) in [5, 5.41) is 3.55. The summed E-state index contributed by atoms with van der Waals surface area (Å²) in [5.74, 6) is 0.613. The fourth-order valence-corrected chi connectivity index (χ4v) is 4.32. The fraction of sp³-hybridized carbons (Fsp3) is 1.00. The molecule has 21 heavy (non-hydrogen) atoms. The van der Waals surface area contributed by atoms with E-state index < -0.39 is 0 Å². The van der Waals surface area contributed by atoms with Gasteiger partial charge in [-0.3, -0.25) is 4.90 Å². The SMILES string of the molecule is CC(C)N(CC1CCCNC1)C1CCC2(CC1)OCCO2. The summed E-state index contributed by atoms with van der Waals surface area (Å²) in [4.78, 5) is 2.75. The van der Waals surface area contributed by atoms with Gasteiger partial charge >= 0.3 is 0 Å². The molecule has 3 fully saturated rings. The van der Waals surface area contributed by atoms with Crippen LogP contribution in [0.15, 0.2) is 0 Å². The zero-order valence-electron chi connectivity index (χ0n) is 13.8. The van der Waals surface area contributed by atoms with Crippen LogP contribution in [0.4, 0.5) is 0 Å². The summed E-state index contributed by atoms with van der Waals surface area (Å²) < 4.78 is 11.7. The second-order valence-corrected chi connectivity index (χ2v) is 7.34. The summed E-state index contributed by atoms with van der Waals surface area (Å²) in [6.07, 6.45) is 7.31. The lowest BCUT2D eigenvalue weighted by molar-refractivity contribution is -0.185. The van der Waals surface area contributed by atoms with Crippen molar-refractivity contribution in [2.75, 3.05) is 32.8 Å². The summed E-state index contributed by atoms with van der Waals surface area (Å²) in [7, 11) is 0. The highest BCUT2D eigenvalue weighted by atomic mass is 16.7. The lowest BCUT2D eigenvalue weighted by Crippen LogP contribution is -2.49. The van der Waals surface area contributed by atoms with Gasteiger partial charge in [-0.05, 0) is 58.5 Å². The summed E-state index contributed by atoms with van der Waals surface area (Å²) in [6.45, 7) is 9.93. The lowest BCUT2D eigenvalue weighted by atomic mass is 9.87. The molecule has 1 atom stereocenters. The van der Waals surface area contributed by atoms with Crippen LogP contribution in [0.1, 0.15) is 52.4 Å². The molecule has 0 aromatic rings. The van der Waals surface area contributed by atoms with Crippen LogP contribution in [0.3, 0.4) is 0 Å². The summed E-state index contributed by atoms with van der Waals surface area (Å²) in [5.41, 5.74) is 0. The Kier molecular flexibility index (Phi) is 5.20. The van der Waals surface area contributed by atoms with E-state index in [-0.39, 0.29) is 5.79 Å². The monoisotopic (exact) mass is 296 g/mol. The van der Waals surface area contributed by atoms with Crippen LogP contribution in [0, 0.1) is 5.92 Å². The van der Waals surface area contributed by atoms with Gasteiger partial charge in [0.15, 0.2) is 5.79 Å². The molecular formula is C17H32N2O2. The van der Waals surface area contributed by atoms with Crippen LogP contribution >= 0.6 is 0 Å². The van der Waals surface area contributed by atoms with Gasteiger partial charge in [-0.25, -0.2) is 0 Å². The quantitative estimate of drug-likeness (QED) is 0.863. The van der Waals surface area contributed by atoms with Crippen LogP contribution in [0.2, 0.25) is 0 Å². The molecular weight excluding hydrogens is 264 g/mol. The molecule has 1 saturated carbocycles. The van der Waals surface area contributed by atoms with E-state index in [1.165, 1.54) is 45.3 Å². The molecule has 0 amide bonds. The van der Waals surface area contributed by atoms with E-state index in [1.807, 2.05) is 0 Å². The Bertz CT molecular complexity index is 313. The predicted octanol–water partition coefficient (Wildman–Crippen LogP) is 2.38. The van der Waals surface area contributed by atoms with Gasteiger partial charge < -0.3 is 14.8 Å². The van der Waals surface area contributed by atoms with E-state index in [1.54, 1.807) is 0 Å². The van der Waals surface area contributed by atoms with E-state index in [0.717, 1.165) is 32.0 Å². The molecule has 4 heteroatoms. The van der Waals surface area contributed by atoms with E-state index in [2.05, 4.69) is 24.1 Å². The highest BCUT2D eigenvalue weighted by Crippen LogP contribution is 2.38. The third-order valence-electron chi connectivity index (χ3n) is 5.53. The van der Waals surface area contributed by atoms with Gasteiger partial charge in [0.25, 0.3) is 0 Å². The van der Waals surface area contributed by atoms with Crippen LogP contribution in [0.5, 0.6) is 0 Å². The van der Waals surface area contributed by atoms with E-state index >= 15 is 0 Å². The first kappa shape index (κ1) is 15.7. The lowest BCUT2D eigenvalue weighted by Gasteiger charge is -2.43. The Morgan fingerprint density at radius 1 is 1.14 bits per heavy atom. The zero-order valence-corrected chi connectivity index (χ0v) is 13.8. The van der Waals surface area contributed by atoms with Gasteiger partial charge in [0.05, 0.1) is 13.2 Å². The molecule has 122 valence electrons. The van der Waals surface area contributed by atoms with Gasteiger partial charge in [0.2, 0.25) is 0 Å². The smallest absolute Gasteiger partial charge is 0.168 e. The molecule has 2 saturated heterocycles. The Morgan fingerprint density at radius 3 is 2.43 bits per heavy atom. The van der Waals surface area contributed by atoms with Crippen molar-refractivity contribution in [3.63, 3.8) is 0 Å². The molecule has 0 radical (unpaired) electrons. The zero-order chi connectivity index (χ0) is 14.7. The molecule has 1 aliphatic carbocycles. The standard InChI is InChI=1S/C17H32N2O2/c1-14(2)19(13-15-4-3-9-18-12-15)16-5-7-17(8-6-16)20-10-11-21-17/h14-16,18H,3-13H2,1-2H3. The largest absolute Gasteiger partial charge is 0.348 e. The van der Waals surface area contributed by atoms with Gasteiger partial charge in [-0.1, -0.05) is 0 Å². The van der Waals surface area contributed by atoms with Gasteiger partial charge in [0.1, 0.15) is 0 Å². The predicted molar refractivity (Wildman–Crippen MR) is 84.3 cm³/mol. The first-order valence-corrected chi connectivity index (χ1v) is 8.93. The normalized spacial score (nSPS) is 30.6. The van der Waals surface area contributed by atoms with Crippen molar-refractivity contribution >= 4 is 0 Å². The van der Waals surface area contributed by atoms with Crippen molar-refractivity contribution < 1.29 is 9.47 Å². The third kappa shape index (κ3) is 3.79. The Balaban J connectivity index is 1.54. The molecule has 1 spiro atoms. The number of nitrogens with zero attached hydrogens (tertiary/aromatic N) is 1. The number of nitrogens with one attached hydrogen (secondary N) is 1. The van der Waals surface area contributed by atoms with Gasteiger partial charge in [-0.2, -0.15) is 0 Å². The molecule has 4 nitrogen and oxygen atoms in total. The van der Waals surface area contributed by atoms with Crippen LogP contribution < -0.4 is 5.32 Å². The van der Waals surface area contributed by atoms with Crippen molar-refractivity contribution in [3.8, 4) is 0 Å². The van der Waals surface area contributed by atoms with Crippen LogP contribution in [0.25, 0.3) is 0 Å². The molecule has 2 aliphatic heterocycles. The van der Waals surface area contributed by atoms with Crippen molar-refractivity contribution in [2.24, 2.45) is 5.92 Å². The number of hydrogen-bond acceptors (Lipinski definition) is 4. The maximum absolute atomic E-state index is 5.87. The molecule has 1 N–H and O–H groups in total. The molecule has 2 heterocycles. The average Bonchev–Trinajstić information content (AvgIpc) is 2.95. The third-order valence-corrected chi connectivity index (χ3v) is 5.53. The molecule has 0 aromatic carbocycles. The van der Waals surface area contributed by atoms with E-state index in [9.17, 15) is 0 Å². The van der Waals surface area contributed by atoms with Crippen molar-refractivity contribution in [1.82, 2.24) is 10.2 Å². The number of ether oxygens (including phenoxy) is 2. The number of piperidine rings is 1. The maximum atomic E-state index is 5.87. The topological polar surface area (TPSA) is 33.7 Å². The number of rotatable bonds is 4. The maximum Gasteiger partial charge on any atom is 0.168 e. The minimum atomic E-state index is -0.217. The second-order valence-electron chi connectivity index (χ2n) is 7.34. The van der Waals surface area contributed by atoms with Gasteiger partial charge in [-0.15, -0.1) is 0 Å². The van der Waals surface area contributed by atoms with Crippen LogP contribution in [-0.2, 0) is 9.47 Å². The van der Waals surface area contributed by atoms with E-state index in [4.69, 9.17) is 9.47 Å².